The minimum Gasteiger partial charge on any atom is -0.371 e. The molecule has 0 saturated carbocycles. The molecule has 2 aliphatic heterocycles. The molecule has 0 aromatic rings. The zero-order chi connectivity index (χ0) is 20.4. The molecule has 2 aliphatic rings. The van der Waals surface area contributed by atoms with Crippen molar-refractivity contribution in [3.63, 3.8) is 0 Å². The van der Waals surface area contributed by atoms with E-state index in [0.29, 0.717) is 12.1 Å². The molecule has 170 valence electrons. The fourth-order valence-corrected chi connectivity index (χ4v) is 4.48. The van der Waals surface area contributed by atoms with Crippen molar-refractivity contribution >= 4 is 6.34 Å². The van der Waals surface area contributed by atoms with Crippen molar-refractivity contribution < 1.29 is 4.74 Å². The molecule has 0 bridgehead atoms. The van der Waals surface area contributed by atoms with Crippen molar-refractivity contribution in [2.24, 2.45) is 4.99 Å². The number of rotatable bonds is 21. The fraction of sp³-hybridized carbons (Fsp3) is 0.960. The average Bonchev–Trinajstić information content (AvgIpc) is 3.43. The lowest BCUT2D eigenvalue weighted by Crippen LogP contribution is -2.39. The normalized spacial score (nSPS) is 19.2. The zero-order valence-corrected chi connectivity index (χ0v) is 19.4. The van der Waals surface area contributed by atoms with Gasteiger partial charge in [-0.1, -0.05) is 96.8 Å². The Morgan fingerprint density at radius 3 is 1.90 bits per heavy atom. The molecule has 0 radical (unpaired) electrons. The molecule has 0 aliphatic carbocycles. The Hall–Kier alpha value is -0.610. The van der Waals surface area contributed by atoms with Crippen molar-refractivity contribution in [2.75, 3.05) is 32.8 Å². The van der Waals surface area contributed by atoms with Gasteiger partial charge >= 0.3 is 0 Å². The Balaban J connectivity index is 1.26. The molecule has 4 nitrogen and oxygen atoms in total. The van der Waals surface area contributed by atoms with Gasteiger partial charge in [-0.25, -0.2) is 0 Å². The van der Waals surface area contributed by atoms with E-state index in [1.807, 2.05) is 6.34 Å². The average molecular weight is 408 g/mol. The number of aliphatic imine (C=N–C) groups is 1. The first-order valence-electron chi connectivity index (χ1n) is 13.0. The maximum atomic E-state index is 5.54. The van der Waals surface area contributed by atoms with Gasteiger partial charge in [0.25, 0.3) is 0 Å². The van der Waals surface area contributed by atoms with Gasteiger partial charge in [0.2, 0.25) is 0 Å². The molecule has 29 heavy (non-hydrogen) atoms. The third-order valence-electron chi connectivity index (χ3n) is 6.51. The van der Waals surface area contributed by atoms with E-state index in [1.165, 1.54) is 109 Å². The molecular formula is C25H49N3O. The number of hydrogen-bond donors (Lipinski definition) is 1. The SMILES string of the molecule is CCCCCCCCCCCCCCCCCNCCC(C1CO1)N1C=NCC1. The summed E-state index contributed by atoms with van der Waals surface area (Å²) in [7, 11) is 0. The topological polar surface area (TPSA) is 40.2 Å². The van der Waals surface area contributed by atoms with Crippen LogP contribution in [-0.2, 0) is 4.74 Å². The molecule has 0 aromatic carbocycles. The molecule has 2 unspecified atom stereocenters. The van der Waals surface area contributed by atoms with Crippen LogP contribution < -0.4 is 5.32 Å². The molecule has 1 fully saturated rings. The van der Waals surface area contributed by atoms with Crippen LogP contribution in [0.5, 0.6) is 0 Å². The van der Waals surface area contributed by atoms with Gasteiger partial charge in [0.15, 0.2) is 0 Å². The minimum atomic E-state index is 0.451. The van der Waals surface area contributed by atoms with E-state index in [1.54, 1.807) is 0 Å². The fourth-order valence-electron chi connectivity index (χ4n) is 4.48. The van der Waals surface area contributed by atoms with Gasteiger partial charge in [-0.15, -0.1) is 0 Å². The van der Waals surface area contributed by atoms with Gasteiger partial charge in [0, 0.05) is 6.54 Å². The Bertz CT molecular complexity index is 398. The third kappa shape index (κ3) is 12.6. The van der Waals surface area contributed by atoms with Crippen LogP contribution in [0, 0.1) is 0 Å². The first kappa shape index (κ1) is 24.7. The molecule has 1 saturated heterocycles. The lowest BCUT2D eigenvalue weighted by Gasteiger charge is -2.25. The van der Waals surface area contributed by atoms with E-state index < -0.39 is 0 Å². The first-order valence-corrected chi connectivity index (χ1v) is 13.0. The summed E-state index contributed by atoms with van der Waals surface area (Å²) in [5.74, 6) is 0. The van der Waals surface area contributed by atoms with E-state index >= 15 is 0 Å². The number of nitrogens with one attached hydrogen (secondary N) is 1. The van der Waals surface area contributed by atoms with Gasteiger partial charge in [0.1, 0.15) is 6.10 Å². The Labute approximate surface area is 181 Å². The van der Waals surface area contributed by atoms with Crippen molar-refractivity contribution in [2.45, 2.75) is 122 Å². The second kappa shape index (κ2) is 17.1. The number of ether oxygens (including phenoxy) is 1. The van der Waals surface area contributed by atoms with Crippen LogP contribution in [0.3, 0.4) is 0 Å². The molecule has 0 aromatic heterocycles. The van der Waals surface area contributed by atoms with Crippen LogP contribution in [0.4, 0.5) is 0 Å². The Morgan fingerprint density at radius 1 is 0.862 bits per heavy atom. The van der Waals surface area contributed by atoms with Crippen molar-refractivity contribution in [1.82, 2.24) is 10.2 Å². The summed E-state index contributed by atoms with van der Waals surface area (Å²) in [6.45, 7) is 7.54. The molecule has 2 atom stereocenters. The van der Waals surface area contributed by atoms with Crippen molar-refractivity contribution in [3.05, 3.63) is 0 Å². The summed E-state index contributed by atoms with van der Waals surface area (Å²) in [6, 6.07) is 0.537. The molecule has 2 rings (SSSR count). The molecule has 0 spiro atoms. The zero-order valence-electron chi connectivity index (χ0n) is 19.4. The number of nitrogens with zero attached hydrogens (tertiary/aromatic N) is 2. The second-order valence-electron chi connectivity index (χ2n) is 9.19. The molecule has 1 N–H and O–H groups in total. The van der Waals surface area contributed by atoms with Crippen LogP contribution in [0.1, 0.15) is 110 Å². The van der Waals surface area contributed by atoms with Crippen LogP contribution in [0.2, 0.25) is 0 Å². The quantitative estimate of drug-likeness (QED) is 0.189. The minimum absolute atomic E-state index is 0.451. The summed E-state index contributed by atoms with van der Waals surface area (Å²) in [4.78, 5) is 6.73. The Morgan fingerprint density at radius 2 is 1.41 bits per heavy atom. The number of hydrogen-bond acceptors (Lipinski definition) is 4. The second-order valence-corrected chi connectivity index (χ2v) is 9.19. The van der Waals surface area contributed by atoms with Gasteiger partial charge in [-0.2, -0.15) is 0 Å². The summed E-state index contributed by atoms with van der Waals surface area (Å²) in [5.41, 5.74) is 0. The van der Waals surface area contributed by atoms with Crippen molar-refractivity contribution in [3.8, 4) is 0 Å². The predicted octanol–water partition coefficient (Wildman–Crippen LogP) is 5.95. The lowest BCUT2D eigenvalue weighted by molar-refractivity contribution is 0.248. The summed E-state index contributed by atoms with van der Waals surface area (Å²) < 4.78 is 5.54. The molecular weight excluding hydrogens is 358 g/mol. The van der Waals surface area contributed by atoms with E-state index in [2.05, 4.69) is 22.1 Å². The maximum absolute atomic E-state index is 5.54. The maximum Gasteiger partial charge on any atom is 0.101 e. The van der Waals surface area contributed by atoms with Gasteiger partial charge < -0.3 is 15.0 Å². The lowest BCUT2D eigenvalue weighted by atomic mass is 10.0. The van der Waals surface area contributed by atoms with Crippen molar-refractivity contribution in [1.29, 1.82) is 0 Å². The van der Waals surface area contributed by atoms with Crippen LogP contribution in [-0.4, -0.2) is 56.2 Å². The monoisotopic (exact) mass is 407 g/mol. The predicted molar refractivity (Wildman–Crippen MR) is 126 cm³/mol. The third-order valence-corrected chi connectivity index (χ3v) is 6.51. The van der Waals surface area contributed by atoms with Gasteiger partial charge in [0.05, 0.1) is 25.5 Å². The van der Waals surface area contributed by atoms with Gasteiger partial charge in [-0.3, -0.25) is 4.99 Å². The molecule has 4 heteroatoms. The molecule has 0 amide bonds. The van der Waals surface area contributed by atoms with Gasteiger partial charge in [-0.05, 0) is 25.9 Å². The summed E-state index contributed by atoms with van der Waals surface area (Å²) >= 11 is 0. The van der Waals surface area contributed by atoms with E-state index in [4.69, 9.17) is 4.74 Å². The highest BCUT2D eigenvalue weighted by molar-refractivity contribution is 5.57. The highest BCUT2D eigenvalue weighted by Crippen LogP contribution is 2.22. The largest absolute Gasteiger partial charge is 0.371 e. The number of epoxide rings is 1. The van der Waals surface area contributed by atoms with Crippen LogP contribution in [0.15, 0.2) is 4.99 Å². The van der Waals surface area contributed by atoms with E-state index in [-0.39, 0.29) is 0 Å². The Kier molecular flexibility index (Phi) is 14.5. The number of unbranched alkanes of at least 4 members (excludes halogenated alkanes) is 14. The highest BCUT2D eigenvalue weighted by atomic mass is 16.6. The van der Waals surface area contributed by atoms with Crippen LogP contribution in [0.25, 0.3) is 0 Å². The van der Waals surface area contributed by atoms with E-state index in [9.17, 15) is 0 Å². The molecule has 2 heterocycles. The van der Waals surface area contributed by atoms with Crippen LogP contribution >= 0.6 is 0 Å². The summed E-state index contributed by atoms with van der Waals surface area (Å²) in [6.07, 6.45) is 25.2. The summed E-state index contributed by atoms with van der Waals surface area (Å²) in [5, 5.41) is 3.64. The standard InChI is InChI=1S/C25H49N3O/c1-2-3-4-5-6-7-8-9-10-11-12-13-14-15-16-18-26-19-17-24(25-22-29-25)28-21-20-27-23-28/h23-26H,2-22H2,1H3. The smallest absolute Gasteiger partial charge is 0.101 e. The highest BCUT2D eigenvalue weighted by Gasteiger charge is 2.36. The van der Waals surface area contributed by atoms with E-state index in [0.717, 1.165) is 26.2 Å². The first-order chi connectivity index (χ1) is 14.4.